The van der Waals surface area contributed by atoms with Crippen LogP contribution in [0.1, 0.15) is 32.3 Å². The summed E-state index contributed by atoms with van der Waals surface area (Å²) in [4.78, 5) is 26.1. The Hall–Kier alpha value is -2.25. The summed E-state index contributed by atoms with van der Waals surface area (Å²) in [6.45, 7) is 4.94. The zero-order valence-corrected chi connectivity index (χ0v) is 14.8. The maximum absolute atomic E-state index is 12.3. The summed E-state index contributed by atoms with van der Waals surface area (Å²) in [6, 6.07) is 5.35. The molecule has 2 amide bonds. The molecule has 0 radical (unpaired) electrons. The minimum atomic E-state index is -4.73. The van der Waals surface area contributed by atoms with Crippen molar-refractivity contribution in [2.75, 3.05) is 13.1 Å². The molecule has 0 saturated carbocycles. The van der Waals surface area contributed by atoms with Crippen LogP contribution in [-0.2, 0) is 16.1 Å². The van der Waals surface area contributed by atoms with E-state index < -0.39 is 6.36 Å². The monoisotopic (exact) mass is 372 g/mol. The first kappa shape index (κ1) is 20.1. The molecule has 144 valence electrons. The van der Waals surface area contributed by atoms with Crippen molar-refractivity contribution in [3.8, 4) is 5.75 Å². The molecule has 1 aliphatic heterocycles. The number of hydrogen-bond donors (Lipinski definition) is 1. The molecule has 1 atom stereocenters. The SMILES string of the molecule is CC(C)C(=O)N1CCC[C@H](C(=O)NCc2ccc(OC(F)(F)F)cc2)C1. The lowest BCUT2D eigenvalue weighted by Crippen LogP contribution is -2.46. The van der Waals surface area contributed by atoms with Crippen molar-refractivity contribution < 1.29 is 27.5 Å². The number of nitrogens with one attached hydrogen (secondary N) is 1. The van der Waals surface area contributed by atoms with Gasteiger partial charge in [-0.1, -0.05) is 26.0 Å². The molecule has 1 heterocycles. The minimum absolute atomic E-state index is 0.0442. The number of rotatable bonds is 5. The number of likely N-dealkylation sites (tertiary alicyclic amines) is 1. The molecular formula is C18H23F3N2O3. The molecule has 1 fully saturated rings. The van der Waals surface area contributed by atoms with E-state index in [0.29, 0.717) is 25.1 Å². The van der Waals surface area contributed by atoms with Gasteiger partial charge in [-0.3, -0.25) is 9.59 Å². The van der Waals surface area contributed by atoms with Crippen LogP contribution in [0.4, 0.5) is 13.2 Å². The highest BCUT2D eigenvalue weighted by Crippen LogP contribution is 2.23. The topological polar surface area (TPSA) is 58.6 Å². The Balaban J connectivity index is 1.85. The zero-order valence-electron chi connectivity index (χ0n) is 14.8. The van der Waals surface area contributed by atoms with Gasteiger partial charge in [-0.05, 0) is 30.5 Å². The summed E-state index contributed by atoms with van der Waals surface area (Å²) in [7, 11) is 0. The Kier molecular flexibility index (Phi) is 6.50. The lowest BCUT2D eigenvalue weighted by atomic mass is 9.96. The van der Waals surface area contributed by atoms with Gasteiger partial charge >= 0.3 is 6.36 Å². The molecule has 0 bridgehead atoms. The zero-order chi connectivity index (χ0) is 19.3. The van der Waals surface area contributed by atoms with E-state index in [0.717, 1.165) is 6.42 Å². The molecule has 1 aromatic carbocycles. The van der Waals surface area contributed by atoms with Crippen LogP contribution in [0.25, 0.3) is 0 Å². The fourth-order valence-corrected chi connectivity index (χ4v) is 2.90. The molecule has 1 aliphatic rings. The molecule has 0 aromatic heterocycles. The van der Waals surface area contributed by atoms with E-state index in [1.807, 2.05) is 13.8 Å². The predicted molar refractivity (Wildman–Crippen MR) is 89.1 cm³/mol. The summed E-state index contributed by atoms with van der Waals surface area (Å²) in [5.74, 6) is -0.777. The van der Waals surface area contributed by atoms with Gasteiger partial charge in [0.2, 0.25) is 11.8 Å². The number of nitrogens with zero attached hydrogens (tertiary/aromatic N) is 1. The molecule has 1 aromatic rings. The highest BCUT2D eigenvalue weighted by Gasteiger charge is 2.31. The second-order valence-electron chi connectivity index (χ2n) is 6.69. The van der Waals surface area contributed by atoms with Crippen LogP contribution in [0, 0.1) is 11.8 Å². The molecule has 0 unspecified atom stereocenters. The molecule has 8 heteroatoms. The smallest absolute Gasteiger partial charge is 0.406 e. The molecule has 1 N–H and O–H groups in total. The lowest BCUT2D eigenvalue weighted by molar-refractivity contribution is -0.274. The van der Waals surface area contributed by atoms with Crippen LogP contribution in [0.5, 0.6) is 5.75 Å². The normalized spacial score (nSPS) is 17.9. The molecule has 5 nitrogen and oxygen atoms in total. The summed E-state index contributed by atoms with van der Waals surface area (Å²) in [5, 5.41) is 2.79. The van der Waals surface area contributed by atoms with Crippen molar-refractivity contribution in [2.45, 2.75) is 39.6 Å². The fraction of sp³-hybridized carbons (Fsp3) is 0.556. The second-order valence-corrected chi connectivity index (χ2v) is 6.69. The number of carbonyl (C=O) groups is 2. The molecule has 26 heavy (non-hydrogen) atoms. The van der Waals surface area contributed by atoms with Gasteiger partial charge in [-0.15, -0.1) is 13.2 Å². The summed E-state index contributed by atoms with van der Waals surface area (Å²) >= 11 is 0. The van der Waals surface area contributed by atoms with Crippen molar-refractivity contribution in [1.82, 2.24) is 10.2 Å². The highest BCUT2D eigenvalue weighted by atomic mass is 19.4. The largest absolute Gasteiger partial charge is 0.573 e. The average molecular weight is 372 g/mol. The van der Waals surface area contributed by atoms with E-state index in [-0.39, 0.29) is 35.9 Å². The minimum Gasteiger partial charge on any atom is -0.406 e. The molecule has 1 saturated heterocycles. The Bertz CT molecular complexity index is 630. The van der Waals surface area contributed by atoms with Crippen molar-refractivity contribution in [3.63, 3.8) is 0 Å². The van der Waals surface area contributed by atoms with E-state index >= 15 is 0 Å². The summed E-state index contributed by atoms with van der Waals surface area (Å²) < 4.78 is 40.2. The molecular weight excluding hydrogens is 349 g/mol. The number of halogens is 3. The van der Waals surface area contributed by atoms with E-state index in [2.05, 4.69) is 10.1 Å². The Morgan fingerprint density at radius 2 is 1.92 bits per heavy atom. The number of alkyl halides is 3. The number of hydrogen-bond acceptors (Lipinski definition) is 3. The van der Waals surface area contributed by atoms with E-state index in [9.17, 15) is 22.8 Å². The van der Waals surface area contributed by atoms with Gasteiger partial charge in [-0.2, -0.15) is 0 Å². The second kappa shape index (κ2) is 8.42. The molecule has 0 aliphatic carbocycles. The number of piperidine rings is 1. The van der Waals surface area contributed by atoms with Crippen LogP contribution >= 0.6 is 0 Å². The first-order valence-corrected chi connectivity index (χ1v) is 8.57. The molecule has 2 rings (SSSR count). The van der Waals surface area contributed by atoms with Crippen LogP contribution < -0.4 is 10.1 Å². The van der Waals surface area contributed by atoms with Gasteiger partial charge in [0.25, 0.3) is 0 Å². The van der Waals surface area contributed by atoms with Crippen LogP contribution in [0.2, 0.25) is 0 Å². The first-order valence-electron chi connectivity index (χ1n) is 8.57. The van der Waals surface area contributed by atoms with Gasteiger partial charge < -0.3 is 15.0 Å². The van der Waals surface area contributed by atoms with E-state index in [4.69, 9.17) is 0 Å². The van der Waals surface area contributed by atoms with Gasteiger partial charge in [0.15, 0.2) is 0 Å². The fourth-order valence-electron chi connectivity index (χ4n) is 2.90. The van der Waals surface area contributed by atoms with Crippen molar-refractivity contribution >= 4 is 11.8 Å². The maximum atomic E-state index is 12.3. The number of benzene rings is 1. The van der Waals surface area contributed by atoms with Gasteiger partial charge in [0.1, 0.15) is 5.75 Å². The average Bonchev–Trinajstić information content (AvgIpc) is 2.59. The van der Waals surface area contributed by atoms with Crippen LogP contribution in [0.3, 0.4) is 0 Å². The van der Waals surface area contributed by atoms with Gasteiger partial charge in [0, 0.05) is 25.6 Å². The number of amides is 2. The van der Waals surface area contributed by atoms with Gasteiger partial charge in [0.05, 0.1) is 5.92 Å². The molecule has 0 spiro atoms. The van der Waals surface area contributed by atoms with Crippen LogP contribution in [0.15, 0.2) is 24.3 Å². The van der Waals surface area contributed by atoms with E-state index in [1.165, 1.54) is 24.3 Å². The number of carbonyl (C=O) groups excluding carboxylic acids is 2. The van der Waals surface area contributed by atoms with Crippen LogP contribution in [-0.4, -0.2) is 36.2 Å². The third-order valence-corrected chi connectivity index (χ3v) is 4.22. The summed E-state index contributed by atoms with van der Waals surface area (Å²) in [6.07, 6.45) is -3.23. The maximum Gasteiger partial charge on any atom is 0.573 e. The number of ether oxygens (including phenoxy) is 1. The highest BCUT2D eigenvalue weighted by molar-refractivity contribution is 5.82. The Labute approximate surface area is 150 Å². The standard InChI is InChI=1S/C18H23F3N2O3/c1-12(2)17(25)23-9-3-4-14(11-23)16(24)22-10-13-5-7-15(8-6-13)26-18(19,20)21/h5-8,12,14H,3-4,9-11H2,1-2H3,(H,22,24)/t14-/m0/s1. The summed E-state index contributed by atoms with van der Waals surface area (Å²) in [5.41, 5.74) is 0.666. The Morgan fingerprint density at radius 1 is 1.27 bits per heavy atom. The Morgan fingerprint density at radius 3 is 2.50 bits per heavy atom. The third kappa shape index (κ3) is 5.93. The van der Waals surface area contributed by atoms with Crippen molar-refractivity contribution in [3.05, 3.63) is 29.8 Å². The van der Waals surface area contributed by atoms with Crippen molar-refractivity contribution in [2.24, 2.45) is 11.8 Å². The van der Waals surface area contributed by atoms with Crippen molar-refractivity contribution in [1.29, 1.82) is 0 Å². The first-order chi connectivity index (χ1) is 12.2. The predicted octanol–water partition coefficient (Wildman–Crippen LogP) is 3.10. The lowest BCUT2D eigenvalue weighted by Gasteiger charge is -2.33. The quantitative estimate of drug-likeness (QED) is 0.864. The van der Waals surface area contributed by atoms with E-state index in [1.54, 1.807) is 4.90 Å². The third-order valence-electron chi connectivity index (χ3n) is 4.22. The van der Waals surface area contributed by atoms with Gasteiger partial charge in [-0.25, -0.2) is 0 Å².